The number of nitrogens with one attached hydrogen (secondary N) is 1. The summed E-state index contributed by atoms with van der Waals surface area (Å²) in [5.74, 6) is 0.853. The summed E-state index contributed by atoms with van der Waals surface area (Å²) in [7, 11) is 0. The molecule has 0 spiro atoms. The minimum atomic E-state index is -0.120. The standard InChI is InChI=1S/C23H18ClN5S/c24-16-9-11-17(12-10-16)29-22(21(27-23(29)30)18-6-1-3-13-25-18)19-7-5-15-28(19)20-8-2-4-14-26-20/h1-15,21-22H,(H,27,30)/t21-,22+/m0/s1. The highest BCUT2D eigenvalue weighted by Gasteiger charge is 2.42. The maximum Gasteiger partial charge on any atom is 0.174 e. The molecule has 1 fully saturated rings. The summed E-state index contributed by atoms with van der Waals surface area (Å²) in [6.45, 7) is 0. The summed E-state index contributed by atoms with van der Waals surface area (Å²) in [5.41, 5.74) is 2.95. The lowest BCUT2D eigenvalue weighted by Crippen LogP contribution is -2.30. The number of benzene rings is 1. The number of halogens is 1. The summed E-state index contributed by atoms with van der Waals surface area (Å²) in [5, 5.41) is 4.81. The van der Waals surface area contributed by atoms with Crippen molar-refractivity contribution in [1.29, 1.82) is 0 Å². The van der Waals surface area contributed by atoms with E-state index in [4.69, 9.17) is 23.8 Å². The van der Waals surface area contributed by atoms with Gasteiger partial charge in [-0.15, -0.1) is 0 Å². The average Bonchev–Trinajstić information content (AvgIpc) is 3.40. The van der Waals surface area contributed by atoms with Crippen molar-refractivity contribution >= 4 is 34.6 Å². The van der Waals surface area contributed by atoms with E-state index in [2.05, 4.69) is 30.8 Å². The molecule has 2 atom stereocenters. The van der Waals surface area contributed by atoms with Crippen LogP contribution < -0.4 is 10.2 Å². The number of nitrogens with zero attached hydrogens (tertiary/aromatic N) is 4. The van der Waals surface area contributed by atoms with Crippen LogP contribution in [0.2, 0.25) is 5.02 Å². The van der Waals surface area contributed by atoms with Crippen molar-refractivity contribution in [2.75, 3.05) is 4.90 Å². The molecule has 0 unspecified atom stereocenters. The summed E-state index contributed by atoms with van der Waals surface area (Å²) in [4.78, 5) is 11.3. The summed E-state index contributed by atoms with van der Waals surface area (Å²) < 4.78 is 2.10. The third-order valence-corrected chi connectivity index (χ3v) is 5.75. The molecule has 1 aliphatic rings. The Balaban J connectivity index is 1.67. The monoisotopic (exact) mass is 431 g/mol. The van der Waals surface area contributed by atoms with E-state index in [0.717, 1.165) is 22.9 Å². The van der Waals surface area contributed by atoms with Crippen LogP contribution in [-0.2, 0) is 0 Å². The Morgan fingerprint density at radius 2 is 1.63 bits per heavy atom. The van der Waals surface area contributed by atoms with Gasteiger partial charge in [-0.3, -0.25) is 4.98 Å². The van der Waals surface area contributed by atoms with E-state index in [1.54, 1.807) is 12.4 Å². The molecular weight excluding hydrogens is 414 g/mol. The Morgan fingerprint density at radius 3 is 2.33 bits per heavy atom. The maximum absolute atomic E-state index is 6.13. The highest BCUT2D eigenvalue weighted by molar-refractivity contribution is 7.80. The number of hydrogen-bond acceptors (Lipinski definition) is 3. The third-order valence-electron chi connectivity index (χ3n) is 5.18. The number of thiocarbonyl (C=S) groups is 1. The van der Waals surface area contributed by atoms with Gasteiger partial charge in [0, 0.05) is 35.0 Å². The predicted octanol–water partition coefficient (Wildman–Crippen LogP) is 5.10. The fourth-order valence-corrected chi connectivity index (χ4v) is 4.35. The van der Waals surface area contributed by atoms with Crippen molar-refractivity contribution in [3.63, 3.8) is 0 Å². The second-order valence-electron chi connectivity index (χ2n) is 6.96. The van der Waals surface area contributed by atoms with Crippen LogP contribution in [0.4, 0.5) is 5.69 Å². The van der Waals surface area contributed by atoms with Crippen molar-refractivity contribution in [1.82, 2.24) is 19.9 Å². The Bertz CT molecular complexity index is 1160. The molecule has 7 heteroatoms. The number of anilines is 1. The highest BCUT2D eigenvalue weighted by atomic mass is 35.5. The molecule has 3 aromatic heterocycles. The van der Waals surface area contributed by atoms with Gasteiger partial charge in [-0.25, -0.2) is 4.98 Å². The van der Waals surface area contributed by atoms with Gasteiger partial charge in [0.05, 0.1) is 11.7 Å². The molecule has 148 valence electrons. The number of rotatable bonds is 4. The zero-order valence-electron chi connectivity index (χ0n) is 15.9. The quantitative estimate of drug-likeness (QED) is 0.455. The smallest absolute Gasteiger partial charge is 0.174 e. The van der Waals surface area contributed by atoms with Crippen molar-refractivity contribution < 1.29 is 0 Å². The molecule has 30 heavy (non-hydrogen) atoms. The first-order valence-corrected chi connectivity index (χ1v) is 10.4. The van der Waals surface area contributed by atoms with Crippen LogP contribution in [0.3, 0.4) is 0 Å². The van der Waals surface area contributed by atoms with Gasteiger partial charge in [0.2, 0.25) is 0 Å². The van der Waals surface area contributed by atoms with Gasteiger partial charge >= 0.3 is 0 Å². The second-order valence-corrected chi connectivity index (χ2v) is 7.79. The van der Waals surface area contributed by atoms with Gasteiger partial charge in [0.1, 0.15) is 11.9 Å². The second kappa shape index (κ2) is 7.89. The Hall–Kier alpha value is -3.22. The van der Waals surface area contributed by atoms with Gasteiger partial charge in [-0.1, -0.05) is 23.7 Å². The van der Waals surface area contributed by atoms with Gasteiger partial charge in [0.25, 0.3) is 0 Å². The lowest BCUT2D eigenvalue weighted by Gasteiger charge is -2.28. The van der Waals surface area contributed by atoms with Crippen molar-refractivity contribution in [3.05, 3.63) is 108 Å². The van der Waals surface area contributed by atoms with Crippen LogP contribution >= 0.6 is 23.8 Å². The zero-order valence-corrected chi connectivity index (χ0v) is 17.5. The molecule has 1 saturated heterocycles. The van der Waals surface area contributed by atoms with Gasteiger partial charge in [0.15, 0.2) is 5.11 Å². The van der Waals surface area contributed by atoms with E-state index in [1.165, 1.54) is 0 Å². The Morgan fingerprint density at radius 1 is 0.867 bits per heavy atom. The zero-order chi connectivity index (χ0) is 20.5. The number of aromatic nitrogens is 3. The van der Waals surface area contributed by atoms with Gasteiger partial charge < -0.3 is 14.8 Å². The Kier molecular flexibility index (Phi) is 4.94. The van der Waals surface area contributed by atoms with Gasteiger partial charge in [-0.2, -0.15) is 0 Å². The van der Waals surface area contributed by atoms with Crippen LogP contribution in [0, 0.1) is 0 Å². The van der Waals surface area contributed by atoms with Crippen molar-refractivity contribution in [2.24, 2.45) is 0 Å². The minimum Gasteiger partial charge on any atom is -0.351 e. The first-order chi connectivity index (χ1) is 14.7. The molecule has 0 aliphatic carbocycles. The third kappa shape index (κ3) is 3.34. The van der Waals surface area contributed by atoms with Crippen molar-refractivity contribution in [3.8, 4) is 5.82 Å². The van der Waals surface area contributed by atoms with E-state index < -0.39 is 0 Å². The molecule has 5 nitrogen and oxygen atoms in total. The van der Waals surface area contributed by atoms with Crippen LogP contribution in [-0.4, -0.2) is 19.6 Å². The van der Waals surface area contributed by atoms with Crippen LogP contribution in [0.5, 0.6) is 0 Å². The molecule has 4 aromatic rings. The topological polar surface area (TPSA) is 46.0 Å². The van der Waals surface area contributed by atoms with Crippen LogP contribution in [0.1, 0.15) is 23.5 Å². The molecule has 1 aliphatic heterocycles. The van der Waals surface area contributed by atoms with Crippen LogP contribution in [0.15, 0.2) is 91.4 Å². The van der Waals surface area contributed by atoms with Crippen LogP contribution in [0.25, 0.3) is 5.82 Å². The minimum absolute atomic E-state index is 0.119. The molecular formula is C23H18ClN5S. The molecule has 1 aromatic carbocycles. The first-order valence-electron chi connectivity index (χ1n) is 9.57. The van der Waals surface area contributed by atoms with E-state index in [-0.39, 0.29) is 12.1 Å². The van der Waals surface area contributed by atoms with E-state index in [0.29, 0.717) is 10.1 Å². The molecule has 5 rings (SSSR count). The molecule has 4 heterocycles. The summed E-state index contributed by atoms with van der Waals surface area (Å²) in [6.07, 6.45) is 5.62. The summed E-state index contributed by atoms with van der Waals surface area (Å²) in [6, 6.07) is 23.4. The van der Waals surface area contributed by atoms with E-state index >= 15 is 0 Å². The largest absolute Gasteiger partial charge is 0.351 e. The number of hydrogen-bond donors (Lipinski definition) is 1. The van der Waals surface area contributed by atoms with Crippen molar-refractivity contribution in [2.45, 2.75) is 12.1 Å². The fourth-order valence-electron chi connectivity index (χ4n) is 3.88. The molecule has 0 radical (unpaired) electrons. The van der Waals surface area contributed by atoms with E-state index in [9.17, 15) is 0 Å². The van der Waals surface area contributed by atoms with E-state index in [1.807, 2.05) is 72.9 Å². The maximum atomic E-state index is 6.13. The average molecular weight is 432 g/mol. The van der Waals surface area contributed by atoms with Gasteiger partial charge in [-0.05, 0) is 72.9 Å². The fraction of sp³-hybridized carbons (Fsp3) is 0.0870. The molecule has 0 bridgehead atoms. The summed E-state index contributed by atoms with van der Waals surface area (Å²) >= 11 is 11.9. The number of pyridine rings is 2. The first kappa shape index (κ1) is 18.8. The normalized spacial score (nSPS) is 18.4. The lowest BCUT2D eigenvalue weighted by molar-refractivity contribution is 0.548. The molecule has 0 saturated carbocycles. The molecule has 0 amide bonds. The molecule has 1 N–H and O–H groups in total. The Labute approximate surface area is 185 Å². The highest BCUT2D eigenvalue weighted by Crippen LogP contribution is 2.42. The lowest BCUT2D eigenvalue weighted by atomic mass is 10.0. The predicted molar refractivity (Wildman–Crippen MR) is 123 cm³/mol. The SMILES string of the molecule is S=C1N[C@@H](c2ccccn2)[C@@H](c2cccn2-c2ccccn2)N1c1ccc(Cl)cc1.